The molecule has 31 heavy (non-hydrogen) atoms. The number of rotatable bonds is 9. The van der Waals surface area contributed by atoms with Crippen LogP contribution in [0.15, 0.2) is 47.6 Å². The maximum atomic E-state index is 12.8. The van der Waals surface area contributed by atoms with Gasteiger partial charge in [0, 0.05) is 23.9 Å². The predicted molar refractivity (Wildman–Crippen MR) is 124 cm³/mol. The lowest BCUT2D eigenvalue weighted by atomic mass is 10.1. The number of benzene rings is 2. The lowest BCUT2D eigenvalue weighted by Crippen LogP contribution is -2.23. The second-order valence-corrected chi connectivity index (χ2v) is 8.45. The number of anilines is 1. The Morgan fingerprint density at radius 2 is 1.90 bits per heavy atom. The number of nitrogens with zero attached hydrogens (tertiary/aromatic N) is 3. The molecule has 0 fully saturated rings. The summed E-state index contributed by atoms with van der Waals surface area (Å²) in [4.78, 5) is 12.8. The Labute approximate surface area is 187 Å². The first kappa shape index (κ1) is 22.7. The maximum absolute atomic E-state index is 12.8. The van der Waals surface area contributed by atoms with Crippen molar-refractivity contribution in [3.8, 4) is 22.9 Å². The molecular formula is C23H28N4O3S. The normalized spacial score (nSPS) is 11.8. The van der Waals surface area contributed by atoms with Crippen LogP contribution in [0.4, 0.5) is 5.69 Å². The third kappa shape index (κ3) is 5.38. The lowest BCUT2D eigenvalue weighted by Gasteiger charge is -2.14. The zero-order valence-corrected chi connectivity index (χ0v) is 19.3. The van der Waals surface area contributed by atoms with Crippen LogP contribution in [0.1, 0.15) is 25.8 Å². The Balaban J connectivity index is 1.76. The Bertz CT molecular complexity index is 1050. The molecule has 0 aliphatic heterocycles. The molecule has 0 spiro atoms. The van der Waals surface area contributed by atoms with Crippen LogP contribution >= 0.6 is 11.8 Å². The summed E-state index contributed by atoms with van der Waals surface area (Å²) in [5.74, 6) is 1.87. The molecule has 0 aliphatic carbocycles. The zero-order chi connectivity index (χ0) is 22.4. The van der Waals surface area contributed by atoms with Crippen molar-refractivity contribution in [2.24, 2.45) is 0 Å². The summed E-state index contributed by atoms with van der Waals surface area (Å²) >= 11 is 1.40. The van der Waals surface area contributed by atoms with Gasteiger partial charge in [-0.25, -0.2) is 0 Å². The fraction of sp³-hybridized carbons (Fsp3) is 0.348. The van der Waals surface area contributed by atoms with Gasteiger partial charge in [0.1, 0.15) is 0 Å². The van der Waals surface area contributed by atoms with Crippen LogP contribution in [0.3, 0.4) is 0 Å². The molecule has 3 aromatic rings. The molecule has 0 bridgehead atoms. The van der Waals surface area contributed by atoms with Crippen molar-refractivity contribution in [1.82, 2.24) is 14.8 Å². The minimum Gasteiger partial charge on any atom is -0.493 e. The number of nitrogens with one attached hydrogen (secondary N) is 1. The van der Waals surface area contributed by atoms with E-state index in [2.05, 4.69) is 46.1 Å². The molecule has 3 rings (SSSR count). The number of hydrogen-bond acceptors (Lipinski definition) is 6. The highest BCUT2D eigenvalue weighted by molar-refractivity contribution is 8.00. The van der Waals surface area contributed by atoms with Crippen LogP contribution in [-0.2, 0) is 11.3 Å². The first-order valence-electron chi connectivity index (χ1n) is 10.2. The molecule has 0 aliphatic rings. The van der Waals surface area contributed by atoms with Gasteiger partial charge in [-0.05, 0) is 38.5 Å². The van der Waals surface area contributed by atoms with E-state index in [1.807, 2.05) is 19.1 Å². The van der Waals surface area contributed by atoms with Crippen LogP contribution in [0.25, 0.3) is 11.4 Å². The van der Waals surface area contributed by atoms with E-state index in [9.17, 15) is 4.79 Å². The van der Waals surface area contributed by atoms with Crippen molar-refractivity contribution < 1.29 is 14.3 Å². The minimum atomic E-state index is -0.363. The summed E-state index contributed by atoms with van der Waals surface area (Å²) in [6.07, 6.45) is 0.941. The number of methoxy groups -OCH3 is 2. The molecule has 1 aromatic heterocycles. The summed E-state index contributed by atoms with van der Waals surface area (Å²) in [5, 5.41) is 12.1. The van der Waals surface area contributed by atoms with Gasteiger partial charge in [0.2, 0.25) is 5.91 Å². The molecule has 1 unspecified atom stereocenters. The van der Waals surface area contributed by atoms with Gasteiger partial charge in [-0.15, -0.1) is 10.2 Å². The topological polar surface area (TPSA) is 78.3 Å². The van der Waals surface area contributed by atoms with Crippen LogP contribution in [-0.4, -0.2) is 40.1 Å². The maximum Gasteiger partial charge on any atom is 0.237 e. The summed E-state index contributed by atoms with van der Waals surface area (Å²) in [7, 11) is 3.14. The second-order valence-electron chi connectivity index (χ2n) is 7.15. The highest BCUT2D eigenvalue weighted by Crippen LogP contribution is 2.31. The Morgan fingerprint density at radius 3 is 2.58 bits per heavy atom. The largest absolute Gasteiger partial charge is 0.493 e. The number of aryl methyl sites for hydroxylation is 1. The smallest absolute Gasteiger partial charge is 0.237 e. The second kappa shape index (κ2) is 10.3. The summed E-state index contributed by atoms with van der Waals surface area (Å²) in [6, 6.07) is 13.5. The van der Waals surface area contributed by atoms with Crippen LogP contribution in [0.2, 0.25) is 0 Å². The number of hydrogen-bond donors (Lipinski definition) is 1. The Morgan fingerprint density at radius 1 is 1.13 bits per heavy atom. The van der Waals surface area contributed by atoms with Gasteiger partial charge < -0.3 is 19.4 Å². The summed E-state index contributed by atoms with van der Waals surface area (Å²) in [6.45, 7) is 6.81. The van der Waals surface area contributed by atoms with E-state index in [0.29, 0.717) is 17.2 Å². The predicted octanol–water partition coefficient (Wildman–Crippen LogP) is 4.80. The highest BCUT2D eigenvalue weighted by Gasteiger charge is 2.21. The van der Waals surface area contributed by atoms with Gasteiger partial charge >= 0.3 is 0 Å². The third-order valence-corrected chi connectivity index (χ3v) is 5.82. The molecule has 0 saturated heterocycles. The quantitative estimate of drug-likeness (QED) is 0.482. The average molecular weight is 441 g/mol. The van der Waals surface area contributed by atoms with E-state index in [1.165, 1.54) is 17.3 Å². The summed E-state index contributed by atoms with van der Waals surface area (Å²) in [5.41, 5.74) is 2.83. The Hall–Kier alpha value is -3.00. The minimum absolute atomic E-state index is 0.125. The van der Waals surface area contributed by atoms with Crippen LogP contribution in [0, 0.1) is 6.92 Å². The van der Waals surface area contributed by atoms with Crippen molar-refractivity contribution in [3.05, 3.63) is 48.0 Å². The molecule has 164 valence electrons. The van der Waals surface area contributed by atoms with Gasteiger partial charge in [0.15, 0.2) is 22.5 Å². The number of ether oxygens (including phenoxy) is 2. The number of aromatic nitrogens is 3. The van der Waals surface area contributed by atoms with E-state index in [-0.39, 0.29) is 11.2 Å². The molecule has 2 aromatic carbocycles. The molecule has 1 atom stereocenters. The van der Waals surface area contributed by atoms with Crippen molar-refractivity contribution in [1.29, 1.82) is 0 Å². The molecule has 1 amide bonds. The molecule has 8 heteroatoms. The number of carbonyl (C=O) groups excluding carboxylic acids is 1. The van der Waals surface area contributed by atoms with Gasteiger partial charge in [0.05, 0.1) is 19.5 Å². The lowest BCUT2D eigenvalue weighted by molar-refractivity contribution is -0.115. The Kier molecular flexibility index (Phi) is 7.57. The fourth-order valence-corrected chi connectivity index (χ4v) is 4.04. The van der Waals surface area contributed by atoms with E-state index in [0.717, 1.165) is 29.5 Å². The van der Waals surface area contributed by atoms with Crippen molar-refractivity contribution in [3.63, 3.8) is 0 Å². The molecule has 1 heterocycles. The fourth-order valence-electron chi connectivity index (χ4n) is 3.17. The molecular weight excluding hydrogens is 412 g/mol. The van der Waals surface area contributed by atoms with Gasteiger partial charge in [-0.1, -0.05) is 42.4 Å². The van der Waals surface area contributed by atoms with Crippen LogP contribution in [0.5, 0.6) is 11.5 Å². The monoisotopic (exact) mass is 440 g/mol. The van der Waals surface area contributed by atoms with E-state index in [4.69, 9.17) is 9.47 Å². The summed E-state index contributed by atoms with van der Waals surface area (Å²) < 4.78 is 12.6. The van der Waals surface area contributed by atoms with Crippen molar-refractivity contribution >= 4 is 23.4 Å². The van der Waals surface area contributed by atoms with Gasteiger partial charge in [-0.2, -0.15) is 0 Å². The van der Waals surface area contributed by atoms with E-state index >= 15 is 0 Å². The van der Waals surface area contributed by atoms with Gasteiger partial charge in [-0.3, -0.25) is 4.79 Å². The van der Waals surface area contributed by atoms with E-state index < -0.39 is 0 Å². The number of thioether (sulfide) groups is 1. The van der Waals surface area contributed by atoms with Crippen molar-refractivity contribution in [2.75, 3.05) is 19.5 Å². The molecule has 0 radical (unpaired) electrons. The highest BCUT2D eigenvalue weighted by atomic mass is 32.2. The first-order valence-corrected chi connectivity index (χ1v) is 11.0. The van der Waals surface area contributed by atoms with Gasteiger partial charge in [0.25, 0.3) is 0 Å². The standard InChI is InChI=1S/C23H28N4O3S/c1-6-12-27-21(17-9-7-8-15(2)13-17)25-26-23(27)31-16(3)22(28)24-18-10-11-19(29-4)20(14-18)30-5/h7-11,13-14,16H,6,12H2,1-5H3,(H,24,28). The molecule has 7 nitrogen and oxygen atoms in total. The van der Waals surface area contributed by atoms with Crippen LogP contribution < -0.4 is 14.8 Å². The first-order chi connectivity index (χ1) is 15.0. The zero-order valence-electron chi connectivity index (χ0n) is 18.5. The average Bonchev–Trinajstić information content (AvgIpc) is 3.16. The molecule has 1 N–H and O–H groups in total. The number of carbonyl (C=O) groups is 1. The number of amides is 1. The SMILES string of the molecule is CCCn1c(SC(C)C(=O)Nc2ccc(OC)c(OC)c2)nnc1-c1cccc(C)c1. The third-order valence-electron chi connectivity index (χ3n) is 4.74. The van der Waals surface area contributed by atoms with E-state index in [1.54, 1.807) is 32.4 Å². The molecule has 0 saturated carbocycles. The van der Waals surface area contributed by atoms with Crippen molar-refractivity contribution in [2.45, 2.75) is 44.1 Å².